The zero-order chi connectivity index (χ0) is 23.5. The Kier molecular flexibility index (Phi) is 4.55. The highest BCUT2D eigenvalue weighted by Gasteiger charge is 2.70. The van der Waals surface area contributed by atoms with Gasteiger partial charge in [-0.3, -0.25) is 9.59 Å². The molecule has 0 aromatic rings. The number of aliphatic hydroxyl groups is 1. The number of esters is 1. The van der Waals surface area contributed by atoms with Gasteiger partial charge in [-0.15, -0.1) is 0 Å². The number of aliphatic hydroxyl groups excluding tert-OH is 1. The van der Waals surface area contributed by atoms with Crippen molar-refractivity contribution in [3.05, 3.63) is 23.8 Å². The van der Waals surface area contributed by atoms with E-state index in [1.165, 1.54) is 5.57 Å². The van der Waals surface area contributed by atoms with Gasteiger partial charge in [-0.2, -0.15) is 0 Å². The van der Waals surface area contributed by atoms with Gasteiger partial charge >= 0.3 is 5.97 Å². The molecule has 2 heterocycles. The predicted octanol–water partition coefficient (Wildman–Crippen LogP) is 4.44. The number of hydrogen-bond donors (Lipinski definition) is 1. The Bertz CT molecular complexity index is 967. The van der Waals surface area contributed by atoms with Crippen LogP contribution in [0.1, 0.15) is 66.7 Å². The molecule has 5 nitrogen and oxygen atoms in total. The molecule has 12 atom stereocenters. The molecule has 0 amide bonds. The van der Waals surface area contributed by atoms with E-state index in [0.29, 0.717) is 17.8 Å². The first-order chi connectivity index (χ1) is 15.5. The summed E-state index contributed by atoms with van der Waals surface area (Å²) in [5.41, 5.74) is 1.40. The lowest BCUT2D eigenvalue weighted by Crippen LogP contribution is -2.62. The van der Waals surface area contributed by atoms with E-state index < -0.39 is 11.9 Å². The summed E-state index contributed by atoms with van der Waals surface area (Å²) in [6, 6.07) is 0. The normalized spacial score (nSPS) is 57.2. The van der Waals surface area contributed by atoms with Crippen molar-refractivity contribution in [1.29, 1.82) is 0 Å². The van der Waals surface area contributed by atoms with Crippen molar-refractivity contribution in [2.75, 3.05) is 0 Å². The summed E-state index contributed by atoms with van der Waals surface area (Å²) < 4.78 is 12.5. The number of fused-ring (bicyclic) bond motifs is 7. The minimum atomic E-state index is -1.21. The second-order valence-corrected chi connectivity index (χ2v) is 12.6. The zero-order valence-corrected chi connectivity index (χ0v) is 20.5. The number of rotatable bonds is 0. The minimum absolute atomic E-state index is 0.00548. The highest BCUT2D eigenvalue weighted by Crippen LogP contribution is 2.69. The van der Waals surface area contributed by atoms with E-state index in [9.17, 15) is 14.7 Å². The lowest BCUT2D eigenvalue weighted by molar-refractivity contribution is -0.336. The largest absolute Gasteiger partial charge is 0.430 e. The molecule has 180 valence electrons. The highest BCUT2D eigenvalue weighted by molar-refractivity contribution is 6.01. The van der Waals surface area contributed by atoms with E-state index in [-0.39, 0.29) is 52.4 Å². The van der Waals surface area contributed by atoms with Gasteiger partial charge in [-0.1, -0.05) is 46.3 Å². The number of hydrogen-bond acceptors (Lipinski definition) is 5. The predicted molar refractivity (Wildman–Crippen MR) is 123 cm³/mol. The Labute approximate surface area is 197 Å². The fraction of sp³-hybridized carbons (Fsp3) is 0.786. The number of carbonyl (C=O) groups excluding carboxylic acids is 2. The summed E-state index contributed by atoms with van der Waals surface area (Å²) in [7, 11) is 0. The Morgan fingerprint density at radius 1 is 1.09 bits per heavy atom. The molecule has 2 saturated heterocycles. The molecule has 0 bridgehead atoms. The maximum absolute atomic E-state index is 12.4. The van der Waals surface area contributed by atoms with Gasteiger partial charge in [0.15, 0.2) is 5.78 Å². The number of carbonyl (C=O) groups is 2. The lowest BCUT2D eigenvalue weighted by Gasteiger charge is -2.58. The minimum Gasteiger partial charge on any atom is -0.430 e. The molecular formula is C28H38O5. The molecular weight excluding hydrogens is 416 g/mol. The molecule has 1 spiro atoms. The average Bonchev–Trinajstić information content (AvgIpc) is 3.18. The topological polar surface area (TPSA) is 72.8 Å². The summed E-state index contributed by atoms with van der Waals surface area (Å²) in [6.45, 7) is 10.8. The molecule has 5 heteroatoms. The Morgan fingerprint density at radius 3 is 2.55 bits per heavy atom. The van der Waals surface area contributed by atoms with Crippen molar-refractivity contribution in [2.24, 2.45) is 52.3 Å². The summed E-state index contributed by atoms with van der Waals surface area (Å²) in [4.78, 5) is 24.5. The molecule has 33 heavy (non-hydrogen) atoms. The van der Waals surface area contributed by atoms with Crippen molar-refractivity contribution in [3.63, 3.8) is 0 Å². The van der Waals surface area contributed by atoms with Crippen LogP contribution in [0.4, 0.5) is 0 Å². The Morgan fingerprint density at radius 2 is 1.85 bits per heavy atom. The van der Waals surface area contributed by atoms with E-state index in [4.69, 9.17) is 9.47 Å². The fourth-order valence-corrected chi connectivity index (χ4v) is 9.51. The standard InChI is InChI=1S/C28H38O5/c1-14-16(3)28(33-25(14)31)24(30)15(2)23-22(32-28)13-21-19-7-6-17-12-18(29)8-10-26(17,4)20(19)9-11-27(21,23)5/h8,10,12,14-16,19-24,30H,6-7,9,11,13H2,1-5H3/t14-,15+,16-,19-,20+,21+,22+,23+,24+,26+,27+,28-/m1/s1. The van der Waals surface area contributed by atoms with Gasteiger partial charge in [0.1, 0.15) is 6.10 Å². The first-order valence-electron chi connectivity index (χ1n) is 13.1. The lowest BCUT2D eigenvalue weighted by atomic mass is 9.47. The SMILES string of the molecule is C[C@H]1[C@H]2[C@H](C[C@H]3[C@@H]4CCC5=CC(=O)C=C[C@]5(C)[C@H]4CC[C@]23C)O[C@]2(OC(=O)[C@H](C)[C@H]2C)[C@H]1O. The van der Waals surface area contributed by atoms with Crippen molar-refractivity contribution >= 4 is 11.8 Å². The summed E-state index contributed by atoms with van der Waals surface area (Å²) in [6.07, 6.45) is 10.4. The third-order valence-corrected chi connectivity index (χ3v) is 11.5. The van der Waals surface area contributed by atoms with E-state index in [0.717, 1.165) is 32.1 Å². The van der Waals surface area contributed by atoms with Gasteiger partial charge in [0.05, 0.1) is 12.0 Å². The van der Waals surface area contributed by atoms with Crippen LogP contribution in [0.3, 0.4) is 0 Å². The van der Waals surface area contributed by atoms with Crippen LogP contribution >= 0.6 is 0 Å². The highest BCUT2D eigenvalue weighted by atomic mass is 16.7. The fourth-order valence-electron chi connectivity index (χ4n) is 9.51. The smallest absolute Gasteiger partial charge is 0.311 e. The van der Waals surface area contributed by atoms with Gasteiger partial charge in [-0.25, -0.2) is 0 Å². The maximum atomic E-state index is 12.4. The van der Waals surface area contributed by atoms with Gasteiger partial charge in [0.2, 0.25) is 5.79 Å². The molecule has 0 radical (unpaired) electrons. The van der Waals surface area contributed by atoms with E-state index in [1.807, 2.05) is 19.9 Å². The van der Waals surface area contributed by atoms with Crippen LogP contribution < -0.4 is 0 Å². The molecule has 4 aliphatic carbocycles. The number of ketones is 1. The molecule has 0 unspecified atom stereocenters. The average molecular weight is 455 g/mol. The number of ether oxygens (including phenoxy) is 2. The van der Waals surface area contributed by atoms with Gasteiger partial charge in [0.25, 0.3) is 0 Å². The van der Waals surface area contributed by atoms with Crippen LogP contribution in [0, 0.1) is 52.3 Å². The van der Waals surface area contributed by atoms with Crippen molar-refractivity contribution in [2.45, 2.75) is 84.7 Å². The Hall–Kier alpha value is -1.46. The molecule has 1 N–H and O–H groups in total. The van der Waals surface area contributed by atoms with Crippen LogP contribution in [-0.4, -0.2) is 34.9 Å². The Balaban J connectivity index is 1.34. The van der Waals surface area contributed by atoms with Gasteiger partial charge in [-0.05, 0) is 79.3 Å². The van der Waals surface area contributed by atoms with E-state index >= 15 is 0 Å². The van der Waals surface area contributed by atoms with Gasteiger partial charge < -0.3 is 14.6 Å². The van der Waals surface area contributed by atoms with Crippen molar-refractivity contribution in [3.8, 4) is 0 Å². The molecule has 6 aliphatic rings. The van der Waals surface area contributed by atoms with Crippen LogP contribution in [0.25, 0.3) is 0 Å². The molecule has 3 saturated carbocycles. The first-order valence-corrected chi connectivity index (χ1v) is 13.1. The third-order valence-electron chi connectivity index (χ3n) is 11.5. The quantitative estimate of drug-likeness (QED) is 0.548. The van der Waals surface area contributed by atoms with Gasteiger partial charge in [0, 0.05) is 11.3 Å². The van der Waals surface area contributed by atoms with Crippen LogP contribution in [0.5, 0.6) is 0 Å². The monoisotopic (exact) mass is 454 g/mol. The molecule has 0 aromatic carbocycles. The summed E-state index contributed by atoms with van der Waals surface area (Å²) >= 11 is 0. The van der Waals surface area contributed by atoms with Crippen LogP contribution in [-0.2, 0) is 19.1 Å². The molecule has 6 rings (SSSR count). The molecule has 0 aromatic heterocycles. The third kappa shape index (κ3) is 2.61. The molecule has 5 fully saturated rings. The van der Waals surface area contributed by atoms with Crippen LogP contribution in [0.2, 0.25) is 0 Å². The summed E-state index contributed by atoms with van der Waals surface area (Å²) in [5.74, 6) is 0.146. The maximum Gasteiger partial charge on any atom is 0.311 e. The summed E-state index contributed by atoms with van der Waals surface area (Å²) in [5, 5.41) is 11.5. The first kappa shape index (κ1) is 22.0. The molecule has 2 aliphatic heterocycles. The second kappa shape index (κ2) is 6.81. The second-order valence-electron chi connectivity index (χ2n) is 12.6. The van der Waals surface area contributed by atoms with Crippen LogP contribution in [0.15, 0.2) is 23.8 Å². The van der Waals surface area contributed by atoms with E-state index in [2.05, 4.69) is 26.8 Å². The number of allylic oxidation sites excluding steroid dienone is 4. The van der Waals surface area contributed by atoms with Crippen molar-refractivity contribution < 1.29 is 24.2 Å². The van der Waals surface area contributed by atoms with Crippen molar-refractivity contribution in [1.82, 2.24) is 0 Å². The zero-order valence-electron chi connectivity index (χ0n) is 20.5. The van der Waals surface area contributed by atoms with E-state index in [1.54, 1.807) is 6.08 Å².